The third-order valence-electron chi connectivity index (χ3n) is 4.35. The van der Waals surface area contributed by atoms with Crippen molar-refractivity contribution in [1.82, 2.24) is 5.32 Å². The molecule has 0 aliphatic carbocycles. The van der Waals surface area contributed by atoms with Crippen molar-refractivity contribution in [3.63, 3.8) is 0 Å². The molecule has 0 radical (unpaired) electrons. The Balaban J connectivity index is 1.66. The highest BCUT2D eigenvalue weighted by Gasteiger charge is 2.18. The minimum absolute atomic E-state index is 0.0146. The van der Waals surface area contributed by atoms with Gasteiger partial charge in [0.05, 0.1) is 11.8 Å². The topological polar surface area (TPSA) is 29.1 Å². The standard InChI is InChI=1S/C23H22FNOS/c1-17-7-5-6-10-21(17)23(19-8-3-2-4-9-19)25-22(26)16-27-15-18-11-13-20(24)14-12-18/h2-14,23H,15-16H2,1H3,(H,25,26)/t23-/m0/s1. The fourth-order valence-corrected chi connectivity index (χ4v) is 3.74. The SMILES string of the molecule is Cc1ccccc1[C@@H](NC(=O)CSCc1ccc(F)cc1)c1ccccc1. The van der Waals surface area contributed by atoms with Crippen molar-refractivity contribution < 1.29 is 9.18 Å². The van der Waals surface area contributed by atoms with Crippen LogP contribution < -0.4 is 5.32 Å². The molecule has 0 heterocycles. The summed E-state index contributed by atoms with van der Waals surface area (Å²) in [6.45, 7) is 2.06. The zero-order valence-electron chi connectivity index (χ0n) is 15.2. The van der Waals surface area contributed by atoms with E-state index >= 15 is 0 Å². The summed E-state index contributed by atoms with van der Waals surface area (Å²) in [5.41, 5.74) is 4.31. The van der Waals surface area contributed by atoms with Gasteiger partial charge in [-0.05, 0) is 41.3 Å². The molecule has 3 aromatic carbocycles. The number of hydrogen-bond acceptors (Lipinski definition) is 2. The first-order valence-electron chi connectivity index (χ1n) is 8.85. The molecule has 2 nitrogen and oxygen atoms in total. The van der Waals surface area contributed by atoms with Gasteiger partial charge < -0.3 is 5.32 Å². The highest BCUT2D eigenvalue weighted by atomic mass is 32.2. The Kier molecular flexibility index (Phi) is 6.66. The number of halogens is 1. The number of benzene rings is 3. The zero-order chi connectivity index (χ0) is 19.1. The van der Waals surface area contributed by atoms with Gasteiger partial charge in [0, 0.05) is 5.75 Å². The van der Waals surface area contributed by atoms with E-state index in [-0.39, 0.29) is 17.8 Å². The number of nitrogens with one attached hydrogen (secondary N) is 1. The van der Waals surface area contributed by atoms with Crippen LogP contribution in [0.25, 0.3) is 0 Å². The lowest BCUT2D eigenvalue weighted by atomic mass is 9.95. The minimum Gasteiger partial charge on any atom is -0.344 e. The third-order valence-corrected chi connectivity index (χ3v) is 5.36. The summed E-state index contributed by atoms with van der Waals surface area (Å²) >= 11 is 1.52. The highest BCUT2D eigenvalue weighted by molar-refractivity contribution is 7.99. The first-order valence-corrected chi connectivity index (χ1v) is 10.0. The molecule has 0 aliphatic heterocycles. The number of aryl methyl sites for hydroxylation is 1. The molecule has 1 N–H and O–H groups in total. The fourth-order valence-electron chi connectivity index (χ4n) is 2.94. The molecule has 0 spiro atoms. The quantitative estimate of drug-likeness (QED) is 0.606. The number of thioether (sulfide) groups is 1. The van der Waals surface area contributed by atoms with E-state index in [4.69, 9.17) is 0 Å². The van der Waals surface area contributed by atoms with E-state index in [1.165, 1.54) is 23.9 Å². The highest BCUT2D eigenvalue weighted by Crippen LogP contribution is 2.25. The molecule has 0 aromatic heterocycles. The van der Waals surface area contributed by atoms with Gasteiger partial charge >= 0.3 is 0 Å². The Labute approximate surface area is 163 Å². The molecule has 138 valence electrons. The fraction of sp³-hybridized carbons (Fsp3) is 0.174. The van der Waals surface area contributed by atoms with Crippen molar-refractivity contribution in [3.05, 3.63) is 107 Å². The normalized spacial score (nSPS) is 11.8. The minimum atomic E-state index is -0.245. The van der Waals surface area contributed by atoms with Crippen LogP contribution in [0.4, 0.5) is 4.39 Å². The van der Waals surface area contributed by atoms with Crippen LogP contribution >= 0.6 is 11.8 Å². The molecule has 0 fully saturated rings. The Morgan fingerprint density at radius 2 is 1.63 bits per heavy atom. The molecule has 0 saturated carbocycles. The first-order chi connectivity index (χ1) is 13.1. The van der Waals surface area contributed by atoms with E-state index in [1.807, 2.05) is 42.5 Å². The second kappa shape index (κ2) is 9.38. The molecular formula is C23H22FNOS. The zero-order valence-corrected chi connectivity index (χ0v) is 16.0. The summed E-state index contributed by atoms with van der Waals surface area (Å²) < 4.78 is 13.0. The molecule has 0 aliphatic rings. The van der Waals surface area contributed by atoms with Crippen LogP contribution in [0.5, 0.6) is 0 Å². The smallest absolute Gasteiger partial charge is 0.230 e. The van der Waals surface area contributed by atoms with Crippen molar-refractivity contribution in [3.8, 4) is 0 Å². The first kappa shape index (κ1) is 19.2. The molecule has 3 rings (SSSR count). The molecule has 4 heteroatoms. The Morgan fingerprint density at radius 3 is 2.33 bits per heavy atom. The van der Waals surface area contributed by atoms with Gasteiger partial charge in [-0.25, -0.2) is 4.39 Å². The Morgan fingerprint density at radius 1 is 0.963 bits per heavy atom. The molecular weight excluding hydrogens is 357 g/mol. The van der Waals surface area contributed by atoms with E-state index in [2.05, 4.69) is 24.4 Å². The molecule has 27 heavy (non-hydrogen) atoms. The average molecular weight is 380 g/mol. The monoisotopic (exact) mass is 379 g/mol. The maximum Gasteiger partial charge on any atom is 0.230 e. The van der Waals surface area contributed by atoms with Crippen LogP contribution in [0.3, 0.4) is 0 Å². The maximum atomic E-state index is 13.0. The van der Waals surface area contributed by atoms with Gasteiger partial charge in [-0.3, -0.25) is 4.79 Å². The molecule has 1 atom stereocenters. The lowest BCUT2D eigenvalue weighted by Gasteiger charge is -2.21. The molecule has 3 aromatic rings. The van der Waals surface area contributed by atoms with E-state index in [9.17, 15) is 9.18 Å². The Bertz CT molecular complexity index is 880. The van der Waals surface area contributed by atoms with E-state index in [0.717, 1.165) is 22.3 Å². The largest absolute Gasteiger partial charge is 0.344 e. The van der Waals surface area contributed by atoms with Crippen molar-refractivity contribution in [2.75, 3.05) is 5.75 Å². The summed E-state index contributed by atoms with van der Waals surface area (Å²) in [5, 5.41) is 3.17. The van der Waals surface area contributed by atoms with Crippen LogP contribution in [-0.2, 0) is 10.5 Å². The second-order valence-electron chi connectivity index (χ2n) is 6.39. The van der Waals surface area contributed by atoms with Crippen LogP contribution in [0.2, 0.25) is 0 Å². The number of amides is 1. The van der Waals surface area contributed by atoms with E-state index in [1.54, 1.807) is 12.1 Å². The summed E-state index contributed by atoms with van der Waals surface area (Å²) in [6.07, 6.45) is 0. The molecule has 1 amide bonds. The van der Waals surface area contributed by atoms with Crippen molar-refractivity contribution in [2.45, 2.75) is 18.7 Å². The van der Waals surface area contributed by atoms with Crippen molar-refractivity contribution in [1.29, 1.82) is 0 Å². The molecule has 0 saturated heterocycles. The van der Waals surface area contributed by atoms with Gasteiger partial charge in [0.25, 0.3) is 0 Å². The van der Waals surface area contributed by atoms with Gasteiger partial charge in [-0.1, -0.05) is 66.7 Å². The maximum absolute atomic E-state index is 13.0. The summed E-state index contributed by atoms with van der Waals surface area (Å²) in [6, 6.07) is 24.3. The van der Waals surface area contributed by atoms with Gasteiger partial charge in [0.2, 0.25) is 5.91 Å². The van der Waals surface area contributed by atoms with E-state index in [0.29, 0.717) is 11.5 Å². The summed E-state index contributed by atoms with van der Waals surface area (Å²) in [4.78, 5) is 12.6. The third kappa shape index (κ3) is 5.44. The predicted octanol–water partition coefficient (Wildman–Crippen LogP) is 5.27. The van der Waals surface area contributed by atoms with Gasteiger partial charge in [0.15, 0.2) is 0 Å². The number of carbonyl (C=O) groups is 1. The van der Waals surface area contributed by atoms with Crippen LogP contribution in [0.1, 0.15) is 28.3 Å². The Hall–Kier alpha value is -2.59. The van der Waals surface area contributed by atoms with Gasteiger partial charge in [-0.15, -0.1) is 11.8 Å². The molecule has 0 unspecified atom stereocenters. The lowest BCUT2D eigenvalue weighted by Crippen LogP contribution is -2.31. The van der Waals surface area contributed by atoms with Crippen molar-refractivity contribution in [2.24, 2.45) is 0 Å². The summed E-state index contributed by atoms with van der Waals surface area (Å²) in [7, 11) is 0. The van der Waals surface area contributed by atoms with Gasteiger partial charge in [0.1, 0.15) is 5.82 Å². The van der Waals surface area contributed by atoms with Crippen LogP contribution in [0, 0.1) is 12.7 Å². The summed E-state index contributed by atoms with van der Waals surface area (Å²) in [5.74, 6) is 0.769. The number of carbonyl (C=O) groups excluding carboxylic acids is 1. The second-order valence-corrected chi connectivity index (χ2v) is 7.37. The number of hydrogen-bond donors (Lipinski definition) is 1. The molecule has 0 bridgehead atoms. The number of rotatable bonds is 7. The van der Waals surface area contributed by atoms with E-state index < -0.39 is 0 Å². The van der Waals surface area contributed by atoms with Crippen molar-refractivity contribution >= 4 is 17.7 Å². The van der Waals surface area contributed by atoms with Crippen LogP contribution in [0.15, 0.2) is 78.9 Å². The van der Waals surface area contributed by atoms with Gasteiger partial charge in [-0.2, -0.15) is 0 Å². The lowest BCUT2D eigenvalue weighted by molar-refractivity contribution is -0.119. The predicted molar refractivity (Wildman–Crippen MR) is 110 cm³/mol. The van der Waals surface area contributed by atoms with Crippen LogP contribution in [-0.4, -0.2) is 11.7 Å². The average Bonchev–Trinajstić information content (AvgIpc) is 2.69.